The Hall–Kier alpha value is -3.43. The van der Waals surface area contributed by atoms with Crippen LogP contribution in [0.15, 0.2) is 77.8 Å². The van der Waals surface area contributed by atoms with Gasteiger partial charge in [0.05, 0.1) is 17.6 Å². The summed E-state index contributed by atoms with van der Waals surface area (Å²) in [5.74, 6) is -0.405. The van der Waals surface area contributed by atoms with Crippen molar-refractivity contribution in [3.8, 4) is 11.4 Å². The number of nitrogens with one attached hydrogen (secondary N) is 1. The first kappa shape index (κ1) is 34.4. The molecule has 0 fully saturated rings. The summed E-state index contributed by atoms with van der Waals surface area (Å²) in [6.45, 7) is 4.81. The molecule has 0 aliphatic carbocycles. The number of aromatic nitrogens is 3. The lowest BCUT2D eigenvalue weighted by molar-refractivity contribution is -0.145. The SMILES string of the molecule is CCCCCCCCCCOc1ccc2c(c1)nc(C(F)(F)F)n2-c1ccc(C(N)CCC)cc1.Sc1c[nH]c2ccccc12. The number of para-hydroxylation sites is 1. The van der Waals surface area contributed by atoms with Gasteiger partial charge < -0.3 is 15.5 Å². The number of alkyl halides is 3. The zero-order valence-corrected chi connectivity index (χ0v) is 27.1. The molecule has 5 rings (SSSR count). The molecule has 3 N–H and O–H groups in total. The van der Waals surface area contributed by atoms with E-state index in [2.05, 4.69) is 36.4 Å². The number of unbranched alkanes of at least 4 members (excludes halogenated alkanes) is 7. The molecular formula is C36H45F3N4OS. The number of nitrogens with zero attached hydrogens (tertiary/aromatic N) is 2. The fourth-order valence-corrected chi connectivity index (χ4v) is 5.69. The number of hydrogen-bond acceptors (Lipinski definition) is 4. The molecule has 1 unspecified atom stereocenters. The molecule has 0 aliphatic heterocycles. The Kier molecular flexibility index (Phi) is 12.8. The van der Waals surface area contributed by atoms with Gasteiger partial charge in [-0.2, -0.15) is 13.2 Å². The van der Waals surface area contributed by atoms with Crippen LogP contribution in [0, 0.1) is 0 Å². The molecule has 0 spiro atoms. The molecule has 0 amide bonds. The van der Waals surface area contributed by atoms with E-state index in [4.69, 9.17) is 10.5 Å². The second kappa shape index (κ2) is 16.8. The van der Waals surface area contributed by atoms with Gasteiger partial charge in [-0.05, 0) is 48.7 Å². The molecule has 5 nitrogen and oxygen atoms in total. The van der Waals surface area contributed by atoms with E-state index >= 15 is 0 Å². The number of rotatable bonds is 14. The van der Waals surface area contributed by atoms with Crippen LogP contribution in [0.5, 0.6) is 5.75 Å². The van der Waals surface area contributed by atoms with Crippen LogP contribution in [-0.2, 0) is 6.18 Å². The number of nitrogens with two attached hydrogens (primary N) is 1. The van der Waals surface area contributed by atoms with E-state index in [0.29, 0.717) is 23.6 Å². The maximum absolute atomic E-state index is 13.9. The van der Waals surface area contributed by atoms with Crippen molar-refractivity contribution in [1.82, 2.24) is 14.5 Å². The smallest absolute Gasteiger partial charge is 0.450 e. The predicted octanol–water partition coefficient (Wildman–Crippen LogP) is 10.8. The lowest BCUT2D eigenvalue weighted by Crippen LogP contribution is -2.14. The molecule has 45 heavy (non-hydrogen) atoms. The van der Waals surface area contributed by atoms with Crippen LogP contribution in [0.3, 0.4) is 0 Å². The molecule has 2 aromatic heterocycles. The number of H-pyrrole nitrogens is 1. The molecular weight excluding hydrogens is 593 g/mol. The van der Waals surface area contributed by atoms with Crippen molar-refractivity contribution in [2.75, 3.05) is 6.61 Å². The highest BCUT2D eigenvalue weighted by atomic mass is 32.1. The summed E-state index contributed by atoms with van der Waals surface area (Å²) in [4.78, 5) is 8.06. The van der Waals surface area contributed by atoms with Gasteiger partial charge in [0.1, 0.15) is 5.75 Å². The van der Waals surface area contributed by atoms with Gasteiger partial charge in [-0.25, -0.2) is 4.98 Å². The van der Waals surface area contributed by atoms with Crippen molar-refractivity contribution in [2.24, 2.45) is 5.73 Å². The van der Waals surface area contributed by atoms with E-state index in [1.54, 1.807) is 42.5 Å². The lowest BCUT2D eigenvalue weighted by atomic mass is 10.0. The first-order valence-electron chi connectivity index (χ1n) is 16.1. The summed E-state index contributed by atoms with van der Waals surface area (Å²) in [6.07, 6.45) is 8.67. The number of ether oxygens (including phenoxy) is 1. The maximum atomic E-state index is 13.9. The van der Waals surface area contributed by atoms with Crippen molar-refractivity contribution < 1.29 is 17.9 Å². The van der Waals surface area contributed by atoms with Gasteiger partial charge in [-0.3, -0.25) is 4.57 Å². The first-order valence-corrected chi connectivity index (χ1v) is 16.5. The Bertz CT molecular complexity index is 1610. The quantitative estimate of drug-likeness (QED) is 0.0837. The summed E-state index contributed by atoms with van der Waals surface area (Å²) in [7, 11) is 0. The van der Waals surface area contributed by atoms with E-state index in [1.807, 2.05) is 30.5 Å². The highest BCUT2D eigenvalue weighted by Gasteiger charge is 2.38. The normalized spacial score (nSPS) is 12.3. The van der Waals surface area contributed by atoms with Gasteiger partial charge in [0.25, 0.3) is 0 Å². The molecule has 0 saturated heterocycles. The molecule has 1 atom stereocenters. The van der Waals surface area contributed by atoms with Crippen molar-refractivity contribution in [2.45, 2.75) is 95.2 Å². The minimum absolute atomic E-state index is 0.128. The predicted molar refractivity (Wildman–Crippen MR) is 182 cm³/mol. The first-order chi connectivity index (χ1) is 21.7. The Morgan fingerprint density at radius 2 is 1.58 bits per heavy atom. The molecule has 3 aromatic carbocycles. The van der Waals surface area contributed by atoms with Gasteiger partial charge in [0.2, 0.25) is 5.82 Å². The molecule has 0 bridgehead atoms. The maximum Gasteiger partial charge on any atom is 0.450 e. The average molecular weight is 639 g/mol. The van der Waals surface area contributed by atoms with Gasteiger partial charge in [-0.1, -0.05) is 95.5 Å². The van der Waals surface area contributed by atoms with E-state index in [9.17, 15) is 13.2 Å². The number of fused-ring (bicyclic) bond motifs is 2. The van der Waals surface area contributed by atoms with Gasteiger partial charge in [-0.15, -0.1) is 12.6 Å². The van der Waals surface area contributed by atoms with Crippen LogP contribution in [0.25, 0.3) is 27.6 Å². The molecule has 2 heterocycles. The van der Waals surface area contributed by atoms with Crippen LogP contribution in [-0.4, -0.2) is 21.1 Å². The van der Waals surface area contributed by atoms with E-state index < -0.39 is 12.0 Å². The zero-order chi connectivity index (χ0) is 32.2. The monoisotopic (exact) mass is 638 g/mol. The third-order valence-corrected chi connectivity index (χ3v) is 8.26. The van der Waals surface area contributed by atoms with Gasteiger partial charge >= 0.3 is 6.18 Å². The van der Waals surface area contributed by atoms with E-state index in [1.165, 1.54) is 43.9 Å². The molecule has 9 heteroatoms. The molecule has 0 aliphatic rings. The number of hydrogen-bond donors (Lipinski definition) is 3. The summed E-state index contributed by atoms with van der Waals surface area (Å²) in [6, 6.07) is 19.9. The largest absolute Gasteiger partial charge is 0.494 e. The van der Waals surface area contributed by atoms with Crippen molar-refractivity contribution >= 4 is 34.6 Å². The third kappa shape index (κ3) is 9.53. The van der Waals surface area contributed by atoms with Crippen LogP contribution in [0.4, 0.5) is 13.2 Å². The van der Waals surface area contributed by atoms with Gasteiger partial charge in [0.15, 0.2) is 0 Å². The van der Waals surface area contributed by atoms with Crippen LogP contribution in [0.2, 0.25) is 0 Å². The summed E-state index contributed by atoms with van der Waals surface area (Å²) in [5, 5.41) is 1.19. The van der Waals surface area contributed by atoms with Crippen LogP contribution in [0.1, 0.15) is 95.5 Å². The highest BCUT2D eigenvalue weighted by Crippen LogP contribution is 2.35. The summed E-state index contributed by atoms with van der Waals surface area (Å²) in [5.41, 5.74) is 9.27. The molecule has 0 radical (unpaired) electrons. The fourth-order valence-electron chi connectivity index (χ4n) is 5.43. The summed E-state index contributed by atoms with van der Waals surface area (Å²) < 4.78 is 48.6. The Balaban J connectivity index is 0.000000385. The van der Waals surface area contributed by atoms with E-state index in [-0.39, 0.29) is 11.6 Å². The Morgan fingerprint density at radius 3 is 2.24 bits per heavy atom. The van der Waals surface area contributed by atoms with Crippen molar-refractivity contribution in [1.29, 1.82) is 0 Å². The number of imidazole rings is 1. The van der Waals surface area contributed by atoms with Crippen molar-refractivity contribution in [3.05, 3.63) is 84.3 Å². The van der Waals surface area contributed by atoms with Crippen LogP contribution >= 0.6 is 12.6 Å². The molecule has 5 aromatic rings. The standard InChI is InChI=1S/C28H38F3N3O.C8H7NS/c1-3-5-6-7-8-9-10-11-19-35-23-17-18-26-25(20-23)33-27(28(29,30)31)34(26)22-15-13-21(14-16-22)24(32)12-4-2;10-8-5-9-7-4-2-1-3-6(7)8/h13-18,20,24H,3-12,19,32H2,1-2H3;1-5,9-10H. The minimum atomic E-state index is -4.59. The Labute approximate surface area is 269 Å². The number of aromatic amines is 1. The summed E-state index contributed by atoms with van der Waals surface area (Å²) >= 11 is 4.27. The van der Waals surface area contributed by atoms with Crippen molar-refractivity contribution in [3.63, 3.8) is 0 Å². The van der Waals surface area contributed by atoms with Crippen LogP contribution < -0.4 is 10.5 Å². The number of benzene rings is 3. The second-order valence-corrected chi connectivity index (χ2v) is 11.9. The Morgan fingerprint density at radius 1 is 0.889 bits per heavy atom. The number of thiol groups is 1. The lowest BCUT2D eigenvalue weighted by Gasteiger charge is -2.14. The zero-order valence-electron chi connectivity index (χ0n) is 26.2. The minimum Gasteiger partial charge on any atom is -0.494 e. The topological polar surface area (TPSA) is 68.9 Å². The molecule has 242 valence electrons. The highest BCUT2D eigenvalue weighted by molar-refractivity contribution is 7.80. The number of halogens is 3. The average Bonchev–Trinajstić information content (AvgIpc) is 3.61. The van der Waals surface area contributed by atoms with E-state index in [0.717, 1.165) is 46.2 Å². The van der Waals surface area contributed by atoms with Gasteiger partial charge in [0, 0.05) is 39.8 Å². The molecule has 0 saturated carbocycles. The third-order valence-electron chi connectivity index (χ3n) is 7.89. The second-order valence-electron chi connectivity index (χ2n) is 11.4. The fraction of sp³-hybridized carbons (Fsp3) is 0.417.